The third-order valence-corrected chi connectivity index (χ3v) is 7.18. The molecule has 0 fully saturated rings. The van der Waals surface area contributed by atoms with Crippen LogP contribution in [0.2, 0.25) is 0 Å². The van der Waals surface area contributed by atoms with Gasteiger partial charge in [-0.15, -0.1) is 0 Å². The fourth-order valence-corrected chi connectivity index (χ4v) is 4.63. The molecule has 3 aromatic carbocycles. The van der Waals surface area contributed by atoms with Crippen molar-refractivity contribution in [3.05, 3.63) is 94.0 Å². The van der Waals surface area contributed by atoms with Crippen molar-refractivity contribution >= 4 is 11.6 Å². The molecular weight excluding hydrogens is 456 g/mol. The van der Waals surface area contributed by atoms with Crippen molar-refractivity contribution in [1.29, 1.82) is 0 Å². The predicted molar refractivity (Wildman–Crippen MR) is 153 cm³/mol. The predicted octanol–water partition coefficient (Wildman–Crippen LogP) is 8.97. The first-order valence-electron chi connectivity index (χ1n) is 13.7. The van der Waals surface area contributed by atoms with Crippen LogP contribution in [0, 0.1) is 19.8 Å². The Morgan fingerprint density at radius 1 is 0.838 bits per heavy atom. The summed E-state index contributed by atoms with van der Waals surface area (Å²) in [6.45, 7) is 13.0. The number of ketones is 2. The fraction of sp³-hybridized carbons (Fsp3) is 0.412. The Labute approximate surface area is 223 Å². The van der Waals surface area contributed by atoms with Gasteiger partial charge in [0.25, 0.3) is 0 Å². The Balaban J connectivity index is 1.59. The second kappa shape index (κ2) is 13.4. The van der Waals surface area contributed by atoms with Crippen LogP contribution in [0.5, 0.6) is 11.5 Å². The Morgan fingerprint density at radius 2 is 1.54 bits per heavy atom. The molecule has 196 valence electrons. The molecule has 3 heteroatoms. The normalized spacial score (nSPS) is 12.0. The zero-order valence-corrected chi connectivity index (χ0v) is 23.4. The van der Waals surface area contributed by atoms with Crippen molar-refractivity contribution in [2.45, 2.75) is 86.0 Å². The summed E-state index contributed by atoms with van der Waals surface area (Å²) in [7, 11) is 0. The maximum Gasteiger partial charge on any atom is 0.162 e. The van der Waals surface area contributed by atoms with E-state index in [-0.39, 0.29) is 11.6 Å². The van der Waals surface area contributed by atoms with E-state index in [1.54, 1.807) is 6.07 Å². The minimum atomic E-state index is 0.100. The first-order chi connectivity index (χ1) is 17.7. The van der Waals surface area contributed by atoms with Crippen LogP contribution in [0.4, 0.5) is 0 Å². The average molecular weight is 499 g/mol. The molecule has 37 heavy (non-hydrogen) atoms. The number of benzene rings is 3. The largest absolute Gasteiger partial charge is 0.457 e. The van der Waals surface area contributed by atoms with Gasteiger partial charge in [-0.05, 0) is 90.6 Å². The first kappa shape index (κ1) is 28.4. The molecule has 1 atom stereocenters. The van der Waals surface area contributed by atoms with Gasteiger partial charge in [-0.25, -0.2) is 0 Å². The lowest BCUT2D eigenvalue weighted by atomic mass is 9.85. The van der Waals surface area contributed by atoms with Gasteiger partial charge in [0.15, 0.2) is 5.78 Å². The third kappa shape index (κ3) is 8.42. The van der Waals surface area contributed by atoms with Gasteiger partial charge in [0.2, 0.25) is 0 Å². The molecule has 0 bridgehead atoms. The highest BCUT2D eigenvalue weighted by Crippen LogP contribution is 2.29. The maximum atomic E-state index is 13.0. The summed E-state index contributed by atoms with van der Waals surface area (Å²) >= 11 is 0. The van der Waals surface area contributed by atoms with Crippen LogP contribution in [-0.2, 0) is 17.6 Å². The van der Waals surface area contributed by atoms with Crippen LogP contribution >= 0.6 is 0 Å². The Kier molecular flexibility index (Phi) is 10.3. The minimum Gasteiger partial charge on any atom is -0.457 e. The van der Waals surface area contributed by atoms with Gasteiger partial charge in [-0.2, -0.15) is 0 Å². The van der Waals surface area contributed by atoms with Crippen molar-refractivity contribution in [2.24, 2.45) is 5.92 Å². The molecule has 0 N–H and O–H groups in total. The van der Waals surface area contributed by atoms with Gasteiger partial charge in [-0.3, -0.25) is 9.59 Å². The maximum absolute atomic E-state index is 13.0. The first-order valence-corrected chi connectivity index (χ1v) is 13.7. The lowest BCUT2D eigenvalue weighted by Crippen LogP contribution is -2.10. The monoisotopic (exact) mass is 498 g/mol. The van der Waals surface area contributed by atoms with E-state index in [1.807, 2.05) is 49.4 Å². The molecule has 0 saturated heterocycles. The topological polar surface area (TPSA) is 43.4 Å². The zero-order valence-electron chi connectivity index (χ0n) is 23.4. The molecule has 1 unspecified atom stereocenters. The van der Waals surface area contributed by atoms with Crippen LogP contribution in [0.15, 0.2) is 60.7 Å². The Hall–Kier alpha value is -3.20. The Bertz CT molecular complexity index is 1200. The lowest BCUT2D eigenvalue weighted by molar-refractivity contribution is -0.118. The van der Waals surface area contributed by atoms with Crippen molar-refractivity contribution in [3.63, 3.8) is 0 Å². The smallest absolute Gasteiger partial charge is 0.162 e. The van der Waals surface area contributed by atoms with E-state index < -0.39 is 0 Å². The second-order valence-corrected chi connectivity index (χ2v) is 10.8. The number of aryl methyl sites for hydroxylation is 3. The zero-order chi connectivity index (χ0) is 26.9. The molecule has 0 spiro atoms. The standard InChI is InChI=1S/C34H42O3/c1-7-34(36)28-9-8-10-32(22-28)37-31-17-14-27(15-18-31)13-16-30(35)21-29-19-25(5)26(6)20-33(29)24(4)12-11-23(2)3/h8-10,14-15,17-20,22-24H,7,11-13,16,21H2,1-6H3. The van der Waals surface area contributed by atoms with E-state index in [4.69, 9.17) is 4.74 Å². The highest BCUT2D eigenvalue weighted by atomic mass is 16.5. The molecule has 0 aliphatic carbocycles. The van der Waals surface area contributed by atoms with Gasteiger partial charge in [-0.1, -0.05) is 70.5 Å². The quantitative estimate of drug-likeness (QED) is 0.221. The van der Waals surface area contributed by atoms with Crippen LogP contribution in [0.3, 0.4) is 0 Å². The minimum absolute atomic E-state index is 0.100. The number of ether oxygens (including phenoxy) is 1. The third-order valence-electron chi connectivity index (χ3n) is 7.18. The molecule has 0 aliphatic heterocycles. The van der Waals surface area contributed by atoms with Gasteiger partial charge < -0.3 is 4.74 Å². The average Bonchev–Trinajstić information content (AvgIpc) is 2.88. The fourth-order valence-electron chi connectivity index (χ4n) is 4.63. The van der Waals surface area contributed by atoms with E-state index in [0.717, 1.165) is 12.0 Å². The molecule has 0 aromatic heterocycles. The number of hydrogen-bond donors (Lipinski definition) is 0. The summed E-state index contributed by atoms with van der Waals surface area (Å²) in [5, 5.41) is 0. The molecule has 0 amide bonds. The van der Waals surface area contributed by atoms with E-state index in [0.29, 0.717) is 54.6 Å². The van der Waals surface area contributed by atoms with E-state index in [9.17, 15) is 9.59 Å². The summed E-state index contributed by atoms with van der Waals surface area (Å²) < 4.78 is 5.94. The summed E-state index contributed by atoms with van der Waals surface area (Å²) in [5.74, 6) is 2.88. The van der Waals surface area contributed by atoms with Crippen molar-refractivity contribution < 1.29 is 14.3 Å². The van der Waals surface area contributed by atoms with Crippen LogP contribution < -0.4 is 4.74 Å². The lowest BCUT2D eigenvalue weighted by Gasteiger charge is -2.19. The molecule has 3 aromatic rings. The van der Waals surface area contributed by atoms with E-state index in [2.05, 4.69) is 46.8 Å². The van der Waals surface area contributed by atoms with Gasteiger partial charge >= 0.3 is 0 Å². The van der Waals surface area contributed by atoms with E-state index >= 15 is 0 Å². The van der Waals surface area contributed by atoms with Crippen molar-refractivity contribution in [2.75, 3.05) is 0 Å². The summed E-state index contributed by atoms with van der Waals surface area (Å²) in [6.07, 6.45) is 4.55. The summed E-state index contributed by atoms with van der Waals surface area (Å²) in [6, 6.07) is 19.7. The van der Waals surface area contributed by atoms with Crippen LogP contribution in [0.25, 0.3) is 0 Å². The molecule has 0 aliphatic rings. The SMILES string of the molecule is CCC(=O)c1cccc(Oc2ccc(CCC(=O)Cc3cc(C)c(C)cc3C(C)CCC(C)C)cc2)c1. The van der Waals surface area contributed by atoms with Gasteiger partial charge in [0.1, 0.15) is 17.3 Å². The second-order valence-electron chi connectivity index (χ2n) is 10.8. The van der Waals surface area contributed by atoms with Crippen molar-refractivity contribution in [1.82, 2.24) is 0 Å². The van der Waals surface area contributed by atoms with Gasteiger partial charge in [0.05, 0.1) is 0 Å². The molecule has 3 rings (SSSR count). The molecular formula is C34H42O3. The highest BCUT2D eigenvalue weighted by molar-refractivity contribution is 5.96. The Morgan fingerprint density at radius 3 is 2.22 bits per heavy atom. The van der Waals surface area contributed by atoms with E-state index in [1.165, 1.54) is 28.7 Å². The number of carbonyl (C=O) groups is 2. The van der Waals surface area contributed by atoms with Crippen LogP contribution in [-0.4, -0.2) is 11.6 Å². The number of rotatable bonds is 13. The van der Waals surface area contributed by atoms with Gasteiger partial charge in [0, 0.05) is 24.8 Å². The molecule has 0 saturated carbocycles. The molecule has 3 nitrogen and oxygen atoms in total. The molecule has 0 radical (unpaired) electrons. The summed E-state index contributed by atoms with van der Waals surface area (Å²) in [5.41, 5.74) is 6.86. The number of Topliss-reactive ketones (excluding diaryl/α,β-unsaturated/α-hetero) is 2. The summed E-state index contributed by atoms with van der Waals surface area (Å²) in [4.78, 5) is 24.9. The molecule has 0 heterocycles. The van der Waals surface area contributed by atoms with Crippen LogP contribution in [0.1, 0.15) is 97.5 Å². The number of carbonyl (C=O) groups excluding carboxylic acids is 2. The highest BCUT2D eigenvalue weighted by Gasteiger charge is 2.16. The number of hydrogen-bond acceptors (Lipinski definition) is 3. The van der Waals surface area contributed by atoms with Crippen molar-refractivity contribution in [3.8, 4) is 11.5 Å².